The lowest BCUT2D eigenvalue weighted by Crippen LogP contribution is -2.28. The van der Waals surface area contributed by atoms with Gasteiger partial charge in [-0.15, -0.1) is 0 Å². The first-order valence-corrected chi connectivity index (χ1v) is 8.82. The van der Waals surface area contributed by atoms with Crippen molar-refractivity contribution in [1.82, 2.24) is 10.3 Å². The van der Waals surface area contributed by atoms with E-state index in [9.17, 15) is 9.18 Å². The van der Waals surface area contributed by atoms with E-state index in [2.05, 4.69) is 20.9 Å². The summed E-state index contributed by atoms with van der Waals surface area (Å²) in [6.07, 6.45) is 2.70. The third-order valence-electron chi connectivity index (χ3n) is 3.83. The highest BCUT2D eigenvalue weighted by molar-refractivity contribution is 7.80. The van der Waals surface area contributed by atoms with E-state index in [0.717, 1.165) is 6.20 Å². The normalized spacial score (nSPS) is 10.2. The molecular weight excluding hydrogens is 377 g/mol. The first kappa shape index (κ1) is 19.2. The molecule has 0 aliphatic carbocycles. The maximum Gasteiger partial charge on any atom is 0.255 e. The number of nitrogens with one attached hydrogen (secondary N) is 3. The molecule has 0 aliphatic rings. The number of nitrogen functional groups attached to an aromatic ring is 1. The molecular formula is C20H18FN5OS. The van der Waals surface area contributed by atoms with E-state index in [4.69, 9.17) is 18.0 Å². The highest BCUT2D eigenvalue weighted by Gasteiger charge is 2.08. The van der Waals surface area contributed by atoms with Crippen LogP contribution in [0.1, 0.15) is 15.9 Å². The molecule has 0 spiro atoms. The first-order valence-electron chi connectivity index (χ1n) is 8.41. The molecule has 0 saturated carbocycles. The zero-order valence-corrected chi connectivity index (χ0v) is 15.6. The molecule has 28 heavy (non-hydrogen) atoms. The molecule has 6 nitrogen and oxygen atoms in total. The van der Waals surface area contributed by atoms with Gasteiger partial charge in [-0.05, 0) is 60.2 Å². The van der Waals surface area contributed by atoms with Gasteiger partial charge in [0.15, 0.2) is 5.11 Å². The molecule has 0 radical (unpaired) electrons. The summed E-state index contributed by atoms with van der Waals surface area (Å²) in [5.41, 5.74) is 8.77. The number of carbonyl (C=O) groups is 1. The van der Waals surface area contributed by atoms with Crippen molar-refractivity contribution in [3.05, 3.63) is 83.9 Å². The van der Waals surface area contributed by atoms with Crippen LogP contribution in [0.15, 0.2) is 67.0 Å². The van der Waals surface area contributed by atoms with Gasteiger partial charge in [0.05, 0.1) is 17.6 Å². The van der Waals surface area contributed by atoms with Crippen LogP contribution in [0.3, 0.4) is 0 Å². The lowest BCUT2D eigenvalue weighted by Gasteiger charge is -2.11. The maximum atomic E-state index is 13.1. The number of thiocarbonyl (C=S) groups is 1. The lowest BCUT2D eigenvalue weighted by atomic mass is 10.2. The van der Waals surface area contributed by atoms with E-state index in [1.165, 1.54) is 6.07 Å². The number of benzene rings is 2. The molecule has 3 aromatic rings. The second-order valence-corrected chi connectivity index (χ2v) is 6.35. The molecule has 3 rings (SSSR count). The van der Waals surface area contributed by atoms with Crippen molar-refractivity contribution in [3.63, 3.8) is 0 Å². The fourth-order valence-corrected chi connectivity index (χ4v) is 2.61. The largest absolute Gasteiger partial charge is 0.397 e. The van der Waals surface area contributed by atoms with Crippen molar-refractivity contribution in [2.24, 2.45) is 0 Å². The van der Waals surface area contributed by atoms with E-state index >= 15 is 0 Å². The molecule has 1 amide bonds. The zero-order chi connectivity index (χ0) is 19.9. The number of para-hydroxylation sites is 2. The summed E-state index contributed by atoms with van der Waals surface area (Å²) in [5.74, 6) is -0.659. The summed E-state index contributed by atoms with van der Waals surface area (Å²) in [5, 5.41) is 9.12. The van der Waals surface area contributed by atoms with Crippen LogP contribution < -0.4 is 21.7 Å². The summed E-state index contributed by atoms with van der Waals surface area (Å²) < 4.78 is 13.1. The van der Waals surface area contributed by atoms with Crippen LogP contribution in [-0.2, 0) is 6.54 Å². The van der Waals surface area contributed by atoms with Crippen molar-refractivity contribution in [2.75, 3.05) is 16.4 Å². The van der Waals surface area contributed by atoms with Crippen LogP contribution in [0.4, 0.5) is 21.5 Å². The Morgan fingerprint density at radius 3 is 2.54 bits per heavy atom. The number of aromatic nitrogens is 1. The van der Waals surface area contributed by atoms with Crippen LogP contribution in [0, 0.1) is 5.82 Å². The van der Waals surface area contributed by atoms with E-state index in [0.29, 0.717) is 39.8 Å². The van der Waals surface area contributed by atoms with E-state index in [-0.39, 0.29) is 5.91 Å². The number of rotatable bonds is 5. The Kier molecular flexibility index (Phi) is 6.13. The first-order chi connectivity index (χ1) is 13.5. The molecule has 5 N–H and O–H groups in total. The Bertz CT molecular complexity index is 994. The lowest BCUT2D eigenvalue weighted by molar-refractivity contribution is 0.102. The van der Waals surface area contributed by atoms with Crippen LogP contribution in [0.2, 0.25) is 0 Å². The van der Waals surface area contributed by atoms with Crippen molar-refractivity contribution >= 4 is 40.3 Å². The molecule has 0 fully saturated rings. The molecule has 142 valence electrons. The summed E-state index contributed by atoms with van der Waals surface area (Å²) in [6.45, 7) is 0.343. The number of carbonyl (C=O) groups excluding carboxylic acids is 1. The number of hydrogen-bond acceptors (Lipinski definition) is 4. The van der Waals surface area contributed by atoms with Gasteiger partial charge in [0, 0.05) is 24.0 Å². The smallest absolute Gasteiger partial charge is 0.255 e. The van der Waals surface area contributed by atoms with Crippen molar-refractivity contribution < 1.29 is 9.18 Å². The van der Waals surface area contributed by atoms with E-state index in [1.54, 1.807) is 54.7 Å². The Balaban J connectivity index is 1.54. The topological polar surface area (TPSA) is 92.1 Å². The van der Waals surface area contributed by atoms with Gasteiger partial charge in [0.2, 0.25) is 0 Å². The number of nitrogens with two attached hydrogens (primary N) is 1. The number of halogens is 1. The van der Waals surface area contributed by atoms with Crippen LogP contribution in [-0.4, -0.2) is 16.0 Å². The average molecular weight is 395 g/mol. The molecule has 0 bridgehead atoms. The maximum absolute atomic E-state index is 13.1. The zero-order valence-electron chi connectivity index (χ0n) is 14.8. The molecule has 0 unspecified atom stereocenters. The molecule has 0 atom stereocenters. The van der Waals surface area contributed by atoms with Gasteiger partial charge in [-0.25, -0.2) is 4.39 Å². The van der Waals surface area contributed by atoms with Crippen molar-refractivity contribution in [1.29, 1.82) is 0 Å². The molecule has 0 saturated heterocycles. The second kappa shape index (κ2) is 8.92. The monoisotopic (exact) mass is 395 g/mol. The Labute approximate surface area is 167 Å². The predicted octanol–water partition coefficient (Wildman–Crippen LogP) is 3.54. The standard InChI is InChI=1S/C20H18FN5OS/c21-15-9-13(10-23-12-15)11-24-20(28)25-16-7-5-14(6-8-16)19(27)26-18-4-2-1-3-17(18)22/h1-10,12H,11,22H2,(H,26,27)(H2,24,25,28). The SMILES string of the molecule is Nc1ccccc1NC(=O)c1ccc(NC(=S)NCc2cncc(F)c2)cc1. The molecule has 0 aliphatic heterocycles. The van der Waals surface area contributed by atoms with Gasteiger partial charge in [-0.1, -0.05) is 12.1 Å². The third kappa shape index (κ3) is 5.24. The average Bonchev–Trinajstić information content (AvgIpc) is 2.69. The number of nitrogens with zero attached hydrogens (tertiary/aromatic N) is 1. The minimum absolute atomic E-state index is 0.260. The van der Waals surface area contributed by atoms with Crippen LogP contribution in [0.25, 0.3) is 0 Å². The quantitative estimate of drug-likeness (QED) is 0.390. The Hall–Kier alpha value is -3.52. The number of hydrogen-bond donors (Lipinski definition) is 4. The predicted molar refractivity (Wildman–Crippen MR) is 113 cm³/mol. The third-order valence-corrected chi connectivity index (χ3v) is 4.07. The molecule has 1 heterocycles. The highest BCUT2D eigenvalue weighted by Crippen LogP contribution is 2.18. The summed E-state index contributed by atoms with van der Waals surface area (Å²) in [7, 11) is 0. The van der Waals surface area contributed by atoms with Gasteiger partial charge in [-0.2, -0.15) is 0 Å². The second-order valence-electron chi connectivity index (χ2n) is 5.94. The number of anilines is 3. The summed E-state index contributed by atoms with van der Waals surface area (Å²) in [6, 6.07) is 15.3. The summed E-state index contributed by atoms with van der Waals surface area (Å²) in [4.78, 5) is 16.1. The van der Waals surface area contributed by atoms with Gasteiger partial charge in [-0.3, -0.25) is 9.78 Å². The fraction of sp³-hybridized carbons (Fsp3) is 0.0500. The van der Waals surface area contributed by atoms with Gasteiger partial charge in [0.25, 0.3) is 5.91 Å². The summed E-state index contributed by atoms with van der Waals surface area (Å²) >= 11 is 5.22. The van der Waals surface area contributed by atoms with Gasteiger partial charge < -0.3 is 21.7 Å². The number of amides is 1. The van der Waals surface area contributed by atoms with E-state index in [1.807, 2.05) is 0 Å². The highest BCUT2D eigenvalue weighted by atomic mass is 32.1. The fourth-order valence-electron chi connectivity index (χ4n) is 2.42. The molecule has 8 heteroatoms. The molecule has 1 aromatic heterocycles. The van der Waals surface area contributed by atoms with Gasteiger partial charge in [0.1, 0.15) is 5.82 Å². The van der Waals surface area contributed by atoms with Crippen LogP contribution >= 0.6 is 12.2 Å². The molecule has 2 aromatic carbocycles. The van der Waals surface area contributed by atoms with Crippen LogP contribution in [0.5, 0.6) is 0 Å². The van der Waals surface area contributed by atoms with Crippen molar-refractivity contribution in [3.8, 4) is 0 Å². The van der Waals surface area contributed by atoms with E-state index < -0.39 is 5.82 Å². The minimum atomic E-state index is -0.399. The Morgan fingerprint density at radius 2 is 1.82 bits per heavy atom. The minimum Gasteiger partial charge on any atom is -0.397 e. The Morgan fingerprint density at radius 1 is 1.07 bits per heavy atom. The van der Waals surface area contributed by atoms with Crippen molar-refractivity contribution in [2.45, 2.75) is 6.54 Å². The van der Waals surface area contributed by atoms with Gasteiger partial charge >= 0.3 is 0 Å². The number of pyridine rings is 1.